The van der Waals surface area contributed by atoms with Gasteiger partial charge in [0.15, 0.2) is 0 Å². The highest BCUT2D eigenvalue weighted by molar-refractivity contribution is 6.30. The van der Waals surface area contributed by atoms with Gasteiger partial charge in [0.2, 0.25) is 0 Å². The maximum Gasteiger partial charge on any atom is 0.141 e. The zero-order chi connectivity index (χ0) is 13.7. The van der Waals surface area contributed by atoms with Gasteiger partial charge >= 0.3 is 0 Å². The summed E-state index contributed by atoms with van der Waals surface area (Å²) in [6.45, 7) is 0.466. The summed E-state index contributed by atoms with van der Waals surface area (Å²) in [5.41, 5.74) is 1.87. The van der Waals surface area contributed by atoms with Crippen LogP contribution < -0.4 is 4.74 Å². The largest absolute Gasteiger partial charge is 0.489 e. The SMILES string of the molecule is OCCc1ccc(OCc2ccc(F)c(Cl)c2)cc1. The Morgan fingerprint density at radius 2 is 1.74 bits per heavy atom. The second kappa shape index (κ2) is 6.55. The molecule has 0 amide bonds. The van der Waals surface area contributed by atoms with E-state index in [-0.39, 0.29) is 11.6 Å². The van der Waals surface area contributed by atoms with Crippen LogP contribution in [0.5, 0.6) is 5.75 Å². The van der Waals surface area contributed by atoms with Gasteiger partial charge in [0.25, 0.3) is 0 Å². The molecule has 2 nitrogen and oxygen atoms in total. The molecule has 100 valence electrons. The molecule has 0 fully saturated rings. The summed E-state index contributed by atoms with van der Waals surface area (Å²) in [6.07, 6.45) is 0.633. The van der Waals surface area contributed by atoms with E-state index in [4.69, 9.17) is 21.4 Å². The molecule has 0 radical (unpaired) electrons. The fraction of sp³-hybridized carbons (Fsp3) is 0.200. The van der Waals surface area contributed by atoms with Crippen LogP contribution in [0.25, 0.3) is 0 Å². The van der Waals surface area contributed by atoms with Crippen molar-refractivity contribution >= 4 is 11.6 Å². The number of aliphatic hydroxyl groups is 1. The molecule has 19 heavy (non-hydrogen) atoms. The van der Waals surface area contributed by atoms with Gasteiger partial charge < -0.3 is 9.84 Å². The van der Waals surface area contributed by atoms with E-state index in [1.807, 2.05) is 24.3 Å². The normalized spacial score (nSPS) is 10.5. The molecular weight excluding hydrogens is 267 g/mol. The lowest BCUT2D eigenvalue weighted by Crippen LogP contribution is -1.96. The zero-order valence-corrected chi connectivity index (χ0v) is 11.0. The van der Waals surface area contributed by atoms with Gasteiger partial charge in [-0.15, -0.1) is 0 Å². The highest BCUT2D eigenvalue weighted by Gasteiger charge is 2.02. The molecule has 0 bridgehead atoms. The Labute approximate surface area is 116 Å². The second-order valence-electron chi connectivity index (χ2n) is 4.15. The average molecular weight is 281 g/mol. The maximum atomic E-state index is 13.0. The molecule has 0 unspecified atom stereocenters. The van der Waals surface area contributed by atoms with Crippen LogP contribution in [0.2, 0.25) is 5.02 Å². The molecule has 1 N–H and O–H groups in total. The number of ether oxygens (including phenoxy) is 1. The van der Waals surface area contributed by atoms with Crippen molar-refractivity contribution in [1.82, 2.24) is 0 Å². The Morgan fingerprint density at radius 1 is 1.05 bits per heavy atom. The predicted molar refractivity (Wildman–Crippen MR) is 73.0 cm³/mol. The number of hydrogen-bond acceptors (Lipinski definition) is 2. The molecule has 0 atom stereocenters. The van der Waals surface area contributed by atoms with Crippen LogP contribution in [0.1, 0.15) is 11.1 Å². The smallest absolute Gasteiger partial charge is 0.141 e. The Balaban J connectivity index is 1.96. The van der Waals surface area contributed by atoms with Crippen molar-refractivity contribution in [3.05, 3.63) is 64.4 Å². The zero-order valence-electron chi connectivity index (χ0n) is 10.3. The Kier molecular flexibility index (Phi) is 4.77. The minimum atomic E-state index is -0.432. The molecule has 0 saturated heterocycles. The molecule has 0 saturated carbocycles. The molecule has 0 aliphatic heterocycles. The molecule has 2 aromatic carbocycles. The van der Waals surface area contributed by atoms with Gasteiger partial charge in [-0.1, -0.05) is 29.8 Å². The first-order valence-electron chi connectivity index (χ1n) is 5.95. The van der Waals surface area contributed by atoms with Gasteiger partial charge in [0.05, 0.1) is 5.02 Å². The van der Waals surface area contributed by atoms with Crippen molar-refractivity contribution < 1.29 is 14.2 Å². The lowest BCUT2D eigenvalue weighted by molar-refractivity contribution is 0.298. The summed E-state index contributed by atoms with van der Waals surface area (Å²) in [7, 11) is 0. The van der Waals surface area contributed by atoms with Crippen LogP contribution in [-0.4, -0.2) is 11.7 Å². The van der Waals surface area contributed by atoms with Crippen molar-refractivity contribution in [2.24, 2.45) is 0 Å². The van der Waals surface area contributed by atoms with Crippen LogP contribution >= 0.6 is 11.6 Å². The third-order valence-corrected chi connectivity index (χ3v) is 3.00. The van der Waals surface area contributed by atoms with Crippen LogP contribution in [0, 0.1) is 5.82 Å². The predicted octanol–water partition coefficient (Wildman–Crippen LogP) is 3.59. The lowest BCUT2D eigenvalue weighted by Gasteiger charge is -2.07. The number of hydrogen-bond donors (Lipinski definition) is 1. The summed E-state index contributed by atoms with van der Waals surface area (Å²) < 4.78 is 18.6. The van der Waals surface area contributed by atoms with Crippen molar-refractivity contribution in [2.75, 3.05) is 6.61 Å². The van der Waals surface area contributed by atoms with Crippen LogP contribution in [0.4, 0.5) is 4.39 Å². The lowest BCUT2D eigenvalue weighted by atomic mass is 10.1. The van der Waals surface area contributed by atoms with Crippen molar-refractivity contribution in [3.8, 4) is 5.75 Å². The number of benzene rings is 2. The monoisotopic (exact) mass is 280 g/mol. The van der Waals surface area contributed by atoms with E-state index in [0.717, 1.165) is 16.9 Å². The molecule has 2 rings (SSSR count). The summed E-state index contributed by atoms with van der Waals surface area (Å²) in [5.74, 6) is 0.293. The summed E-state index contributed by atoms with van der Waals surface area (Å²) in [4.78, 5) is 0. The average Bonchev–Trinajstić information content (AvgIpc) is 2.42. The van der Waals surface area contributed by atoms with Gasteiger partial charge in [-0.2, -0.15) is 0 Å². The summed E-state index contributed by atoms with van der Waals surface area (Å²) in [6, 6.07) is 12.0. The van der Waals surface area contributed by atoms with E-state index in [1.165, 1.54) is 6.07 Å². The molecule has 0 aromatic heterocycles. The van der Waals surface area contributed by atoms with E-state index in [2.05, 4.69) is 0 Å². The molecule has 4 heteroatoms. The minimum absolute atomic E-state index is 0.0967. The van der Waals surface area contributed by atoms with Crippen molar-refractivity contribution in [2.45, 2.75) is 13.0 Å². The second-order valence-corrected chi connectivity index (χ2v) is 4.56. The van der Waals surface area contributed by atoms with E-state index in [9.17, 15) is 4.39 Å². The van der Waals surface area contributed by atoms with Gasteiger partial charge in [-0.3, -0.25) is 0 Å². The molecular formula is C15H14ClFO2. The quantitative estimate of drug-likeness (QED) is 0.907. The minimum Gasteiger partial charge on any atom is -0.489 e. The number of aliphatic hydroxyl groups excluding tert-OH is 1. The van der Waals surface area contributed by atoms with E-state index in [1.54, 1.807) is 12.1 Å². The van der Waals surface area contributed by atoms with Crippen LogP contribution in [-0.2, 0) is 13.0 Å². The van der Waals surface area contributed by atoms with Crippen molar-refractivity contribution in [3.63, 3.8) is 0 Å². The first-order valence-corrected chi connectivity index (χ1v) is 6.33. The van der Waals surface area contributed by atoms with E-state index in [0.29, 0.717) is 13.0 Å². The first kappa shape index (κ1) is 13.8. The molecule has 2 aromatic rings. The molecule has 0 spiro atoms. The fourth-order valence-electron chi connectivity index (χ4n) is 1.68. The van der Waals surface area contributed by atoms with Gasteiger partial charge in [-0.05, 0) is 41.8 Å². The summed E-state index contributed by atoms with van der Waals surface area (Å²) in [5, 5.41) is 8.91. The number of halogens is 2. The van der Waals surface area contributed by atoms with Gasteiger partial charge in [0.1, 0.15) is 18.2 Å². The molecule has 0 aliphatic rings. The Hall–Kier alpha value is -1.58. The Morgan fingerprint density at radius 3 is 2.37 bits per heavy atom. The van der Waals surface area contributed by atoms with E-state index >= 15 is 0 Å². The van der Waals surface area contributed by atoms with Crippen LogP contribution in [0.15, 0.2) is 42.5 Å². The molecule has 0 heterocycles. The van der Waals surface area contributed by atoms with Gasteiger partial charge in [-0.25, -0.2) is 4.39 Å². The summed E-state index contributed by atoms with van der Waals surface area (Å²) >= 11 is 5.70. The fourth-order valence-corrected chi connectivity index (χ4v) is 1.88. The topological polar surface area (TPSA) is 29.5 Å². The highest BCUT2D eigenvalue weighted by atomic mass is 35.5. The highest BCUT2D eigenvalue weighted by Crippen LogP contribution is 2.18. The third kappa shape index (κ3) is 3.94. The van der Waals surface area contributed by atoms with Crippen LogP contribution in [0.3, 0.4) is 0 Å². The maximum absolute atomic E-state index is 13.0. The van der Waals surface area contributed by atoms with E-state index < -0.39 is 5.82 Å². The number of rotatable bonds is 5. The molecule has 0 aliphatic carbocycles. The third-order valence-electron chi connectivity index (χ3n) is 2.71. The van der Waals surface area contributed by atoms with Gasteiger partial charge in [0, 0.05) is 6.61 Å². The Bertz CT molecular complexity index is 540. The van der Waals surface area contributed by atoms with Crippen molar-refractivity contribution in [1.29, 1.82) is 0 Å². The first-order chi connectivity index (χ1) is 9.19. The standard InChI is InChI=1S/C15H14ClFO2/c16-14-9-12(3-6-15(14)17)10-19-13-4-1-11(2-5-13)7-8-18/h1-6,9,18H,7-8,10H2.